The highest BCUT2D eigenvalue weighted by Crippen LogP contribution is 2.35. The number of hydrogen-bond donors (Lipinski definition) is 2. The van der Waals surface area contributed by atoms with E-state index in [4.69, 9.17) is 0 Å². The number of nitrogens with one attached hydrogen (secondary N) is 2. The first-order valence-corrected chi connectivity index (χ1v) is 11.2. The van der Waals surface area contributed by atoms with Gasteiger partial charge in [-0.1, -0.05) is 25.7 Å². The Balaban J connectivity index is 0.00000261. The Morgan fingerprint density at radius 2 is 1.85 bits per heavy atom. The molecule has 2 fully saturated rings. The van der Waals surface area contributed by atoms with Crippen molar-refractivity contribution < 1.29 is 0 Å². The van der Waals surface area contributed by atoms with E-state index in [-0.39, 0.29) is 24.0 Å². The van der Waals surface area contributed by atoms with Crippen LogP contribution < -0.4 is 10.6 Å². The Hall–Kier alpha value is -0.410. The molecule has 1 saturated heterocycles. The summed E-state index contributed by atoms with van der Waals surface area (Å²) in [4.78, 5) is 11.8. The lowest BCUT2D eigenvalue weighted by Gasteiger charge is -2.48. The lowest BCUT2D eigenvalue weighted by atomic mass is 9.79. The van der Waals surface area contributed by atoms with E-state index in [0.717, 1.165) is 30.5 Å². The second-order valence-electron chi connectivity index (χ2n) is 7.79. The van der Waals surface area contributed by atoms with Gasteiger partial charge >= 0.3 is 0 Å². The molecule has 0 amide bonds. The molecular weight excluding hydrogens is 469 g/mol. The summed E-state index contributed by atoms with van der Waals surface area (Å²) in [5.41, 5.74) is 1.51. The number of piperidine rings is 1. The number of hydrogen-bond acceptors (Lipinski definition) is 4. The van der Waals surface area contributed by atoms with Crippen molar-refractivity contribution >= 4 is 41.3 Å². The fraction of sp³-hybridized carbons (Fsp3) is 0.800. The fourth-order valence-corrected chi connectivity index (χ4v) is 5.13. The van der Waals surface area contributed by atoms with Crippen LogP contribution in [0.2, 0.25) is 0 Å². The number of halogens is 1. The predicted molar refractivity (Wildman–Crippen MR) is 127 cm³/mol. The third kappa shape index (κ3) is 6.56. The molecule has 0 radical (unpaired) electrons. The van der Waals surface area contributed by atoms with Gasteiger partial charge in [-0.2, -0.15) is 0 Å². The van der Waals surface area contributed by atoms with E-state index in [9.17, 15) is 0 Å². The van der Waals surface area contributed by atoms with Gasteiger partial charge in [0.05, 0.1) is 10.7 Å². The zero-order valence-corrected chi connectivity index (χ0v) is 20.1. The van der Waals surface area contributed by atoms with Crippen LogP contribution in [-0.4, -0.2) is 54.6 Å². The maximum absolute atomic E-state index is 4.54. The molecule has 0 atom stereocenters. The molecule has 1 aromatic heterocycles. The first-order valence-electron chi connectivity index (χ1n) is 10.3. The third-order valence-corrected chi connectivity index (χ3v) is 6.78. The summed E-state index contributed by atoms with van der Waals surface area (Å²) in [5.74, 6) is 0.930. The van der Waals surface area contributed by atoms with Gasteiger partial charge in [0.15, 0.2) is 5.96 Å². The Labute approximate surface area is 185 Å². The molecule has 7 heteroatoms. The molecule has 1 aliphatic heterocycles. The van der Waals surface area contributed by atoms with Crippen molar-refractivity contribution in [3.63, 3.8) is 0 Å². The van der Waals surface area contributed by atoms with E-state index in [1.807, 2.05) is 7.05 Å². The van der Waals surface area contributed by atoms with Crippen LogP contribution in [0.3, 0.4) is 0 Å². The topological polar surface area (TPSA) is 52.6 Å². The Morgan fingerprint density at radius 1 is 1.15 bits per heavy atom. The second-order valence-corrected chi connectivity index (χ2v) is 8.86. The van der Waals surface area contributed by atoms with Crippen molar-refractivity contribution in [3.05, 3.63) is 16.1 Å². The molecule has 0 bridgehead atoms. The first-order chi connectivity index (χ1) is 12.7. The number of thiazole rings is 1. The minimum Gasteiger partial charge on any atom is -0.356 e. The van der Waals surface area contributed by atoms with E-state index >= 15 is 0 Å². The van der Waals surface area contributed by atoms with Crippen molar-refractivity contribution in [1.82, 2.24) is 20.5 Å². The molecule has 2 heterocycles. The maximum atomic E-state index is 4.54. The van der Waals surface area contributed by atoms with Crippen molar-refractivity contribution in [3.8, 4) is 0 Å². The van der Waals surface area contributed by atoms with Gasteiger partial charge in [0.2, 0.25) is 0 Å². The fourth-order valence-electron chi connectivity index (χ4n) is 4.48. The van der Waals surface area contributed by atoms with Crippen LogP contribution in [0.1, 0.15) is 62.1 Å². The van der Waals surface area contributed by atoms with Gasteiger partial charge in [-0.15, -0.1) is 35.3 Å². The molecule has 1 aromatic rings. The van der Waals surface area contributed by atoms with E-state index in [1.54, 1.807) is 11.3 Å². The SMILES string of the molecule is CN=C(NCCc1csc(C)n1)NCC1(N2CCCCC2)CCCCC1.I. The molecule has 3 rings (SSSR count). The Bertz CT molecular complexity index is 577. The average Bonchev–Trinajstić information content (AvgIpc) is 3.11. The first kappa shape index (κ1) is 22.9. The highest BCUT2D eigenvalue weighted by molar-refractivity contribution is 14.0. The summed E-state index contributed by atoms with van der Waals surface area (Å²) < 4.78 is 0. The van der Waals surface area contributed by atoms with Crippen LogP contribution in [0.5, 0.6) is 0 Å². The summed E-state index contributed by atoms with van der Waals surface area (Å²) in [5, 5.41) is 10.4. The van der Waals surface area contributed by atoms with Crippen LogP contribution in [0.15, 0.2) is 10.4 Å². The van der Waals surface area contributed by atoms with E-state index in [2.05, 4.69) is 37.8 Å². The Kier molecular flexibility index (Phi) is 9.79. The normalized spacial score (nSPS) is 20.7. The zero-order valence-electron chi connectivity index (χ0n) is 16.9. The lowest BCUT2D eigenvalue weighted by molar-refractivity contribution is 0.0368. The molecule has 154 valence electrons. The summed E-state index contributed by atoms with van der Waals surface area (Å²) >= 11 is 1.72. The number of aliphatic imine (C=N–C) groups is 1. The zero-order chi connectivity index (χ0) is 18.2. The van der Waals surface area contributed by atoms with Crippen molar-refractivity contribution in [1.29, 1.82) is 0 Å². The van der Waals surface area contributed by atoms with E-state index in [0.29, 0.717) is 5.54 Å². The molecule has 0 spiro atoms. The monoisotopic (exact) mass is 505 g/mol. The van der Waals surface area contributed by atoms with Crippen LogP contribution in [0.4, 0.5) is 0 Å². The highest BCUT2D eigenvalue weighted by Gasteiger charge is 2.38. The summed E-state index contributed by atoms with van der Waals surface area (Å²) in [6.07, 6.45) is 11.9. The van der Waals surface area contributed by atoms with Crippen LogP contribution in [0, 0.1) is 6.92 Å². The number of aryl methyl sites for hydroxylation is 1. The minimum atomic E-state index is 0. The second kappa shape index (κ2) is 11.6. The highest BCUT2D eigenvalue weighted by atomic mass is 127. The smallest absolute Gasteiger partial charge is 0.191 e. The summed E-state index contributed by atoms with van der Waals surface area (Å²) in [6.45, 7) is 6.50. The van der Waals surface area contributed by atoms with Gasteiger partial charge < -0.3 is 10.6 Å². The van der Waals surface area contributed by atoms with E-state index in [1.165, 1.54) is 70.2 Å². The molecule has 27 heavy (non-hydrogen) atoms. The predicted octanol–water partition coefficient (Wildman–Crippen LogP) is 3.97. The number of likely N-dealkylation sites (tertiary alicyclic amines) is 1. The van der Waals surface area contributed by atoms with Crippen molar-refractivity contribution in [2.75, 3.05) is 33.2 Å². The van der Waals surface area contributed by atoms with Crippen molar-refractivity contribution in [2.24, 2.45) is 4.99 Å². The average molecular weight is 506 g/mol. The molecule has 2 aliphatic rings. The summed E-state index contributed by atoms with van der Waals surface area (Å²) in [6, 6.07) is 0. The molecular formula is C20H36IN5S. The molecule has 1 aliphatic carbocycles. The van der Waals surface area contributed by atoms with Gasteiger partial charge in [-0.3, -0.25) is 9.89 Å². The van der Waals surface area contributed by atoms with Crippen molar-refractivity contribution in [2.45, 2.75) is 70.3 Å². The number of nitrogens with zero attached hydrogens (tertiary/aromatic N) is 3. The number of aromatic nitrogens is 1. The largest absolute Gasteiger partial charge is 0.356 e. The molecule has 2 N–H and O–H groups in total. The summed E-state index contributed by atoms with van der Waals surface area (Å²) in [7, 11) is 1.87. The van der Waals surface area contributed by atoms with Gasteiger partial charge in [-0.05, 0) is 45.7 Å². The van der Waals surface area contributed by atoms with Crippen LogP contribution >= 0.6 is 35.3 Å². The standard InChI is InChI=1S/C20H35N5S.HI/c1-17-24-18(15-26-17)9-12-22-19(21-2)23-16-20(10-5-3-6-11-20)25-13-7-4-8-14-25;/h15H,3-14,16H2,1-2H3,(H2,21,22,23);1H. The quantitative estimate of drug-likeness (QED) is 0.349. The van der Waals surface area contributed by atoms with Crippen LogP contribution in [0.25, 0.3) is 0 Å². The number of guanidine groups is 1. The Morgan fingerprint density at radius 3 is 2.48 bits per heavy atom. The molecule has 0 unspecified atom stereocenters. The number of rotatable bonds is 6. The maximum Gasteiger partial charge on any atom is 0.191 e. The van der Waals surface area contributed by atoms with Crippen LogP contribution in [-0.2, 0) is 6.42 Å². The van der Waals surface area contributed by atoms with Gasteiger partial charge in [0, 0.05) is 37.5 Å². The van der Waals surface area contributed by atoms with Gasteiger partial charge in [-0.25, -0.2) is 4.98 Å². The van der Waals surface area contributed by atoms with Gasteiger partial charge in [0.25, 0.3) is 0 Å². The lowest BCUT2D eigenvalue weighted by Crippen LogP contribution is -2.59. The minimum absolute atomic E-state index is 0. The molecule has 0 aromatic carbocycles. The molecule has 1 saturated carbocycles. The van der Waals surface area contributed by atoms with E-state index < -0.39 is 0 Å². The van der Waals surface area contributed by atoms with Gasteiger partial charge in [0.1, 0.15) is 0 Å². The third-order valence-electron chi connectivity index (χ3n) is 5.96. The molecule has 5 nitrogen and oxygen atoms in total.